The number of halogens is 3. The van der Waals surface area contributed by atoms with Gasteiger partial charge in [0.25, 0.3) is 0 Å². The molecule has 1 amide bonds. The summed E-state index contributed by atoms with van der Waals surface area (Å²) in [5, 5.41) is 2.26. The molecule has 0 saturated heterocycles. The summed E-state index contributed by atoms with van der Waals surface area (Å²) in [4.78, 5) is 13.2. The summed E-state index contributed by atoms with van der Waals surface area (Å²) < 4.78 is 69.2. The molecule has 0 spiro atoms. The highest BCUT2D eigenvalue weighted by atomic mass is 32.2. The molecule has 2 N–H and O–H groups in total. The van der Waals surface area contributed by atoms with Crippen LogP contribution in [0.3, 0.4) is 0 Å². The van der Waals surface area contributed by atoms with Crippen molar-refractivity contribution in [2.75, 3.05) is 5.32 Å². The molecule has 9 heteroatoms. The first-order chi connectivity index (χ1) is 15.9. The minimum absolute atomic E-state index is 0.0413. The Labute approximate surface area is 197 Å². The maximum absolute atomic E-state index is 13.4. The smallest absolute Gasteiger partial charge is 0.324 e. The highest BCUT2D eigenvalue weighted by molar-refractivity contribution is 7.89. The minimum atomic E-state index is -4.69. The summed E-state index contributed by atoms with van der Waals surface area (Å²) in [6.07, 6.45) is -4.74. The molecule has 3 aromatic carbocycles. The molecule has 0 heterocycles. The minimum Gasteiger partial charge on any atom is -0.324 e. The van der Waals surface area contributed by atoms with Crippen molar-refractivity contribution in [1.82, 2.24) is 4.72 Å². The second-order valence-corrected chi connectivity index (χ2v) is 9.77. The molecule has 0 aromatic heterocycles. The molecule has 0 saturated carbocycles. The number of amides is 1. The molecule has 34 heavy (non-hydrogen) atoms. The second kappa shape index (κ2) is 9.99. The van der Waals surface area contributed by atoms with E-state index < -0.39 is 39.4 Å². The van der Waals surface area contributed by atoms with Gasteiger partial charge < -0.3 is 5.32 Å². The van der Waals surface area contributed by atoms with Crippen molar-refractivity contribution >= 4 is 21.6 Å². The first-order valence-corrected chi connectivity index (χ1v) is 12.0. The normalized spacial score (nSPS) is 12.9. The van der Waals surface area contributed by atoms with Gasteiger partial charge in [0.05, 0.1) is 16.1 Å². The number of rotatable bonds is 7. The van der Waals surface area contributed by atoms with Crippen LogP contribution in [0.2, 0.25) is 0 Å². The van der Waals surface area contributed by atoms with E-state index in [4.69, 9.17) is 0 Å². The van der Waals surface area contributed by atoms with E-state index >= 15 is 0 Å². The highest BCUT2D eigenvalue weighted by Gasteiger charge is 2.35. The molecule has 0 aliphatic carbocycles. The largest absolute Gasteiger partial charge is 0.418 e. The number of hydrogen-bond donors (Lipinski definition) is 2. The molecule has 0 unspecified atom stereocenters. The fraction of sp³-hybridized carbons (Fsp3) is 0.240. The van der Waals surface area contributed by atoms with Gasteiger partial charge in [0.15, 0.2) is 0 Å². The van der Waals surface area contributed by atoms with E-state index in [1.807, 2.05) is 6.92 Å². The predicted molar refractivity (Wildman–Crippen MR) is 125 cm³/mol. The Morgan fingerprint density at radius 2 is 1.47 bits per heavy atom. The first kappa shape index (κ1) is 25.5. The van der Waals surface area contributed by atoms with Crippen LogP contribution in [0.4, 0.5) is 18.9 Å². The Hall–Kier alpha value is -3.17. The molecule has 0 aliphatic heterocycles. The summed E-state index contributed by atoms with van der Waals surface area (Å²) in [7, 11) is -4.17. The third-order valence-electron chi connectivity index (χ3n) is 5.26. The molecule has 3 rings (SSSR count). The second-order valence-electron chi connectivity index (χ2n) is 8.12. The van der Waals surface area contributed by atoms with Crippen LogP contribution >= 0.6 is 0 Å². The van der Waals surface area contributed by atoms with Gasteiger partial charge in [-0.15, -0.1) is 0 Å². The molecule has 0 fully saturated rings. The lowest BCUT2D eigenvalue weighted by Gasteiger charge is -2.22. The van der Waals surface area contributed by atoms with Gasteiger partial charge in [0, 0.05) is 0 Å². The van der Waals surface area contributed by atoms with Crippen LogP contribution in [-0.4, -0.2) is 20.4 Å². The van der Waals surface area contributed by atoms with E-state index in [9.17, 15) is 26.4 Å². The lowest BCUT2D eigenvalue weighted by atomic mass is 10.1. The average Bonchev–Trinajstić information content (AvgIpc) is 2.72. The summed E-state index contributed by atoms with van der Waals surface area (Å²) in [6, 6.07) is 15.3. The molecule has 0 radical (unpaired) electrons. The average molecular weight is 491 g/mol. The Balaban J connectivity index is 1.98. The zero-order valence-electron chi connectivity index (χ0n) is 18.9. The van der Waals surface area contributed by atoms with E-state index in [-0.39, 0.29) is 11.3 Å². The number of hydrogen-bond acceptors (Lipinski definition) is 3. The van der Waals surface area contributed by atoms with Crippen molar-refractivity contribution in [3.8, 4) is 0 Å². The Morgan fingerprint density at radius 3 is 2.06 bits per heavy atom. The maximum atomic E-state index is 13.4. The van der Waals surface area contributed by atoms with E-state index in [0.717, 1.165) is 17.7 Å². The van der Waals surface area contributed by atoms with Crippen molar-refractivity contribution in [2.45, 2.75) is 44.3 Å². The van der Waals surface area contributed by atoms with Gasteiger partial charge >= 0.3 is 6.18 Å². The Kier molecular flexibility index (Phi) is 7.48. The standard InChI is InChI=1S/C25H25F3N2O3S/c1-16-13-17(2)23(18(3)14-16)34(32,33)30-22(15-19-9-5-4-6-10-19)24(31)29-21-12-8-7-11-20(21)25(26,27)28/h4-14,22,30H,15H2,1-3H3,(H,29,31)/t22-/m1/s1. The van der Waals surface area contributed by atoms with E-state index in [1.165, 1.54) is 12.1 Å². The Bertz CT molecular complexity index is 1270. The van der Waals surface area contributed by atoms with Gasteiger partial charge in [-0.05, 0) is 56.0 Å². The molecular weight excluding hydrogens is 465 g/mol. The summed E-state index contributed by atoms with van der Waals surface area (Å²) in [5.41, 5.74) is 1.08. The first-order valence-electron chi connectivity index (χ1n) is 10.5. The summed E-state index contributed by atoms with van der Waals surface area (Å²) in [5.74, 6) is -0.897. The van der Waals surface area contributed by atoms with Gasteiger partial charge in [0.1, 0.15) is 6.04 Å². The van der Waals surface area contributed by atoms with Crippen LogP contribution < -0.4 is 10.0 Å². The van der Waals surface area contributed by atoms with Crippen LogP contribution in [0.15, 0.2) is 71.6 Å². The molecule has 3 aromatic rings. The number of para-hydroxylation sites is 1. The summed E-state index contributed by atoms with van der Waals surface area (Å²) in [6.45, 7) is 5.15. The predicted octanol–water partition coefficient (Wildman–Crippen LogP) is 5.16. The third kappa shape index (κ3) is 6.03. The quantitative estimate of drug-likeness (QED) is 0.481. The molecule has 180 valence electrons. The third-order valence-corrected chi connectivity index (χ3v) is 7.04. The van der Waals surface area contributed by atoms with E-state index in [1.54, 1.807) is 56.3 Å². The fourth-order valence-corrected chi connectivity index (χ4v) is 5.58. The summed E-state index contributed by atoms with van der Waals surface area (Å²) >= 11 is 0. The number of sulfonamides is 1. The Morgan fingerprint density at radius 1 is 0.912 bits per heavy atom. The lowest BCUT2D eigenvalue weighted by Crippen LogP contribution is -2.45. The van der Waals surface area contributed by atoms with Gasteiger partial charge in [-0.1, -0.05) is 60.2 Å². The van der Waals surface area contributed by atoms with Crippen LogP contribution in [0, 0.1) is 20.8 Å². The fourth-order valence-electron chi connectivity index (χ4n) is 3.93. The van der Waals surface area contributed by atoms with Crippen molar-refractivity contribution in [1.29, 1.82) is 0 Å². The number of carbonyl (C=O) groups excluding carboxylic acids is 1. The molecule has 0 bridgehead atoms. The van der Waals surface area contributed by atoms with Gasteiger partial charge in [0.2, 0.25) is 15.9 Å². The van der Waals surface area contributed by atoms with Crippen molar-refractivity contribution in [3.63, 3.8) is 0 Å². The van der Waals surface area contributed by atoms with Crippen LogP contribution in [0.1, 0.15) is 27.8 Å². The van der Waals surface area contributed by atoms with Crippen LogP contribution in [0.25, 0.3) is 0 Å². The maximum Gasteiger partial charge on any atom is 0.418 e. The number of aryl methyl sites for hydroxylation is 3. The van der Waals surface area contributed by atoms with Crippen LogP contribution in [-0.2, 0) is 27.4 Å². The van der Waals surface area contributed by atoms with Gasteiger partial charge in [-0.3, -0.25) is 4.79 Å². The lowest BCUT2D eigenvalue weighted by molar-refractivity contribution is -0.137. The molecular formula is C25H25F3N2O3S. The van der Waals surface area contributed by atoms with Gasteiger partial charge in [-0.25, -0.2) is 8.42 Å². The highest BCUT2D eigenvalue weighted by Crippen LogP contribution is 2.34. The molecule has 5 nitrogen and oxygen atoms in total. The van der Waals surface area contributed by atoms with E-state index in [0.29, 0.717) is 16.7 Å². The number of alkyl halides is 3. The molecule has 1 atom stereocenters. The molecule has 0 aliphatic rings. The topological polar surface area (TPSA) is 75.3 Å². The van der Waals surface area contributed by atoms with Gasteiger partial charge in [-0.2, -0.15) is 17.9 Å². The number of anilines is 1. The van der Waals surface area contributed by atoms with Crippen molar-refractivity contribution < 1.29 is 26.4 Å². The number of benzene rings is 3. The number of carbonyl (C=O) groups is 1. The zero-order chi connectivity index (χ0) is 25.1. The monoisotopic (exact) mass is 490 g/mol. The van der Waals surface area contributed by atoms with Crippen molar-refractivity contribution in [2.24, 2.45) is 0 Å². The number of nitrogens with one attached hydrogen (secondary N) is 2. The SMILES string of the molecule is Cc1cc(C)c(S(=O)(=O)N[C@H](Cc2ccccc2)C(=O)Nc2ccccc2C(F)(F)F)c(C)c1. The zero-order valence-corrected chi connectivity index (χ0v) is 19.7. The van der Waals surface area contributed by atoms with Crippen molar-refractivity contribution in [3.05, 3.63) is 94.5 Å². The van der Waals surface area contributed by atoms with E-state index in [2.05, 4.69) is 10.0 Å². The van der Waals surface area contributed by atoms with Crippen LogP contribution in [0.5, 0.6) is 0 Å².